The summed E-state index contributed by atoms with van der Waals surface area (Å²) in [5.41, 5.74) is 7.15. The number of nitrogens with one attached hydrogen (secondary N) is 1. The minimum Gasteiger partial charge on any atom is -0.497 e. The molecule has 0 aliphatic carbocycles. The highest BCUT2D eigenvalue weighted by Crippen LogP contribution is 2.27. The molecule has 0 atom stereocenters. The second-order valence-corrected chi connectivity index (χ2v) is 3.89. The van der Waals surface area contributed by atoms with Gasteiger partial charge in [0.05, 0.1) is 24.0 Å². The topological polar surface area (TPSA) is 71.1 Å². The number of halogens is 1. The van der Waals surface area contributed by atoms with Crippen molar-refractivity contribution in [1.82, 2.24) is 0 Å². The summed E-state index contributed by atoms with van der Waals surface area (Å²) in [4.78, 5) is 0. The van der Waals surface area contributed by atoms with E-state index < -0.39 is 5.82 Å². The SMILES string of the molecule is COc1ccc(F)c(Nc2ccc(N)cc2C#N)c1. The van der Waals surface area contributed by atoms with Crippen LogP contribution in [0.15, 0.2) is 36.4 Å². The van der Waals surface area contributed by atoms with E-state index in [2.05, 4.69) is 5.32 Å². The number of ether oxygens (including phenoxy) is 1. The van der Waals surface area contributed by atoms with Gasteiger partial charge in [-0.05, 0) is 30.3 Å². The molecule has 0 saturated heterocycles. The van der Waals surface area contributed by atoms with E-state index in [4.69, 9.17) is 15.7 Å². The highest BCUT2D eigenvalue weighted by molar-refractivity contribution is 5.70. The predicted octanol–water partition coefficient (Wildman–Crippen LogP) is 3.03. The number of nitriles is 1. The zero-order valence-electron chi connectivity index (χ0n) is 10.3. The Balaban J connectivity index is 2.39. The van der Waals surface area contributed by atoms with E-state index in [1.165, 1.54) is 31.4 Å². The molecule has 2 rings (SSSR count). The number of nitrogen functional groups attached to an aromatic ring is 1. The van der Waals surface area contributed by atoms with Crippen LogP contribution in [-0.4, -0.2) is 7.11 Å². The van der Waals surface area contributed by atoms with Crippen molar-refractivity contribution in [2.75, 3.05) is 18.2 Å². The molecule has 0 aliphatic heterocycles. The van der Waals surface area contributed by atoms with Gasteiger partial charge in [0.15, 0.2) is 0 Å². The van der Waals surface area contributed by atoms with E-state index in [0.29, 0.717) is 22.7 Å². The van der Waals surface area contributed by atoms with Gasteiger partial charge in [0.2, 0.25) is 0 Å². The molecule has 96 valence electrons. The minimum atomic E-state index is -0.429. The maximum Gasteiger partial charge on any atom is 0.146 e. The van der Waals surface area contributed by atoms with Gasteiger partial charge >= 0.3 is 0 Å². The molecule has 4 nitrogen and oxygen atoms in total. The molecular formula is C14H12FN3O. The van der Waals surface area contributed by atoms with Gasteiger partial charge in [-0.25, -0.2) is 4.39 Å². The average molecular weight is 257 g/mol. The lowest BCUT2D eigenvalue weighted by Gasteiger charge is -2.11. The first-order valence-electron chi connectivity index (χ1n) is 5.54. The lowest BCUT2D eigenvalue weighted by atomic mass is 10.1. The van der Waals surface area contributed by atoms with Gasteiger partial charge in [0.1, 0.15) is 17.6 Å². The summed E-state index contributed by atoms with van der Waals surface area (Å²) in [5.74, 6) is 0.0966. The van der Waals surface area contributed by atoms with Crippen molar-refractivity contribution in [3.63, 3.8) is 0 Å². The van der Waals surface area contributed by atoms with Crippen LogP contribution in [0.4, 0.5) is 21.5 Å². The van der Waals surface area contributed by atoms with Crippen LogP contribution in [-0.2, 0) is 0 Å². The van der Waals surface area contributed by atoms with Gasteiger partial charge in [-0.3, -0.25) is 0 Å². The first-order valence-corrected chi connectivity index (χ1v) is 5.54. The monoisotopic (exact) mass is 257 g/mol. The molecule has 0 aliphatic rings. The third kappa shape index (κ3) is 2.75. The molecule has 0 radical (unpaired) electrons. The summed E-state index contributed by atoms with van der Waals surface area (Å²) in [6.45, 7) is 0. The van der Waals surface area contributed by atoms with Crippen molar-refractivity contribution in [3.05, 3.63) is 47.8 Å². The molecule has 0 amide bonds. The van der Waals surface area contributed by atoms with Crippen LogP contribution >= 0.6 is 0 Å². The largest absolute Gasteiger partial charge is 0.497 e. The van der Waals surface area contributed by atoms with Crippen molar-refractivity contribution in [1.29, 1.82) is 5.26 Å². The minimum absolute atomic E-state index is 0.237. The van der Waals surface area contributed by atoms with Crippen LogP contribution in [0.25, 0.3) is 0 Å². The fraction of sp³-hybridized carbons (Fsp3) is 0.0714. The molecule has 0 heterocycles. The number of hydrogen-bond acceptors (Lipinski definition) is 4. The quantitative estimate of drug-likeness (QED) is 0.829. The van der Waals surface area contributed by atoms with E-state index in [0.717, 1.165) is 0 Å². The smallest absolute Gasteiger partial charge is 0.146 e. The Bertz CT molecular complexity index is 650. The molecule has 0 bridgehead atoms. The number of nitrogens with zero attached hydrogens (tertiary/aromatic N) is 1. The molecule has 5 heteroatoms. The van der Waals surface area contributed by atoms with Crippen molar-refractivity contribution >= 4 is 17.1 Å². The molecule has 0 fully saturated rings. The second kappa shape index (κ2) is 5.27. The van der Waals surface area contributed by atoms with Crippen LogP contribution in [0.1, 0.15) is 5.56 Å². The number of rotatable bonds is 3. The molecule has 0 aromatic heterocycles. The number of hydrogen-bond donors (Lipinski definition) is 2. The van der Waals surface area contributed by atoms with Gasteiger partial charge in [0.25, 0.3) is 0 Å². The first-order chi connectivity index (χ1) is 9.13. The predicted molar refractivity (Wildman–Crippen MR) is 71.8 cm³/mol. The van der Waals surface area contributed by atoms with Crippen molar-refractivity contribution in [2.24, 2.45) is 0 Å². The van der Waals surface area contributed by atoms with E-state index in [9.17, 15) is 4.39 Å². The van der Waals surface area contributed by atoms with Gasteiger partial charge in [-0.1, -0.05) is 0 Å². The maximum absolute atomic E-state index is 13.7. The summed E-state index contributed by atoms with van der Waals surface area (Å²) in [5, 5.41) is 11.9. The van der Waals surface area contributed by atoms with E-state index >= 15 is 0 Å². The van der Waals surface area contributed by atoms with Gasteiger partial charge in [-0.15, -0.1) is 0 Å². The zero-order chi connectivity index (χ0) is 13.8. The Hall–Kier alpha value is -2.74. The third-order valence-corrected chi connectivity index (χ3v) is 2.61. The molecule has 0 spiro atoms. The van der Waals surface area contributed by atoms with Crippen LogP contribution in [0.2, 0.25) is 0 Å². The van der Waals surface area contributed by atoms with Crippen molar-refractivity contribution in [3.8, 4) is 11.8 Å². The van der Waals surface area contributed by atoms with Gasteiger partial charge in [0, 0.05) is 11.8 Å². The fourth-order valence-electron chi connectivity index (χ4n) is 1.64. The van der Waals surface area contributed by atoms with Crippen LogP contribution in [0, 0.1) is 17.1 Å². The molecule has 2 aromatic carbocycles. The Labute approximate surface area is 110 Å². The van der Waals surface area contributed by atoms with E-state index in [1.807, 2.05) is 6.07 Å². The van der Waals surface area contributed by atoms with E-state index in [-0.39, 0.29) is 5.69 Å². The Morgan fingerprint density at radius 1 is 1.21 bits per heavy atom. The maximum atomic E-state index is 13.7. The van der Waals surface area contributed by atoms with Crippen LogP contribution in [0.3, 0.4) is 0 Å². The standard InChI is InChI=1S/C14H12FN3O/c1-19-11-3-4-12(15)14(7-11)18-13-5-2-10(17)6-9(13)8-16/h2-7,18H,17H2,1H3. The third-order valence-electron chi connectivity index (χ3n) is 2.61. The lowest BCUT2D eigenvalue weighted by molar-refractivity contribution is 0.414. The Morgan fingerprint density at radius 3 is 2.68 bits per heavy atom. The highest BCUT2D eigenvalue weighted by atomic mass is 19.1. The van der Waals surface area contributed by atoms with Crippen molar-refractivity contribution in [2.45, 2.75) is 0 Å². The van der Waals surface area contributed by atoms with Crippen LogP contribution in [0.5, 0.6) is 5.75 Å². The fourth-order valence-corrected chi connectivity index (χ4v) is 1.64. The number of anilines is 3. The summed E-state index contributed by atoms with van der Waals surface area (Å²) in [6.07, 6.45) is 0. The number of nitrogens with two attached hydrogens (primary N) is 1. The number of methoxy groups -OCH3 is 1. The van der Waals surface area contributed by atoms with Crippen molar-refractivity contribution < 1.29 is 9.13 Å². The molecule has 3 N–H and O–H groups in total. The van der Waals surface area contributed by atoms with Gasteiger partial charge in [-0.2, -0.15) is 5.26 Å². The number of benzene rings is 2. The Morgan fingerprint density at radius 2 is 2.00 bits per heavy atom. The van der Waals surface area contributed by atoms with E-state index in [1.54, 1.807) is 12.1 Å². The highest BCUT2D eigenvalue weighted by Gasteiger charge is 2.08. The molecule has 2 aromatic rings. The summed E-state index contributed by atoms with van der Waals surface area (Å²) < 4.78 is 18.7. The lowest BCUT2D eigenvalue weighted by Crippen LogP contribution is -1.98. The molecule has 0 unspecified atom stereocenters. The Kier molecular flexibility index (Phi) is 3.53. The molecular weight excluding hydrogens is 245 g/mol. The van der Waals surface area contributed by atoms with Crippen LogP contribution < -0.4 is 15.8 Å². The average Bonchev–Trinajstić information content (AvgIpc) is 2.43. The molecule has 19 heavy (non-hydrogen) atoms. The zero-order valence-corrected chi connectivity index (χ0v) is 10.3. The second-order valence-electron chi connectivity index (χ2n) is 3.89. The normalized spacial score (nSPS) is 9.74. The summed E-state index contributed by atoms with van der Waals surface area (Å²) in [7, 11) is 1.50. The molecule has 0 saturated carbocycles. The van der Waals surface area contributed by atoms with Gasteiger partial charge < -0.3 is 15.8 Å². The summed E-state index contributed by atoms with van der Waals surface area (Å²) in [6, 6.07) is 11.1. The summed E-state index contributed by atoms with van der Waals surface area (Å²) >= 11 is 0. The first kappa shape index (κ1) is 12.7.